The lowest BCUT2D eigenvalue weighted by molar-refractivity contribution is 0.362. The minimum Gasteiger partial charge on any atom is -0.380 e. The number of hydrogen-bond acceptors (Lipinski definition) is 4. The Morgan fingerprint density at radius 3 is 2.32 bits per heavy atom. The number of nitrogens with zero attached hydrogens (tertiary/aromatic N) is 1. The molecular formula is C15H28N2O2. The van der Waals surface area contributed by atoms with Crippen LogP contribution in [0.25, 0.3) is 0 Å². The van der Waals surface area contributed by atoms with Gasteiger partial charge in [-0.25, -0.2) is 0 Å². The lowest BCUT2D eigenvalue weighted by atomic mass is 9.90. The zero-order valence-electron chi connectivity index (χ0n) is 12.8. The summed E-state index contributed by atoms with van der Waals surface area (Å²) < 4.78 is 0. The maximum Gasteiger partial charge on any atom is 0.253 e. The van der Waals surface area contributed by atoms with E-state index in [1.807, 2.05) is 18.9 Å². The van der Waals surface area contributed by atoms with Crippen LogP contribution in [0.15, 0.2) is 9.59 Å². The van der Waals surface area contributed by atoms with Crippen LogP contribution < -0.4 is 21.1 Å². The average molecular weight is 268 g/mol. The third-order valence-electron chi connectivity index (χ3n) is 3.40. The predicted molar refractivity (Wildman–Crippen MR) is 84.2 cm³/mol. The second kappa shape index (κ2) is 6.22. The van der Waals surface area contributed by atoms with Gasteiger partial charge in [0.15, 0.2) is 0 Å². The summed E-state index contributed by atoms with van der Waals surface area (Å²) in [6.07, 6.45) is 3.32. The SMILES string of the molecule is CCN(C)c1c(NCCCCC(C)(C)C)c(=O)c1=O.[HH]. The smallest absolute Gasteiger partial charge is 0.253 e. The minimum absolute atomic E-state index is 0. The Kier molecular flexibility index (Phi) is 5.15. The first-order valence-electron chi connectivity index (χ1n) is 7.06. The molecule has 0 saturated heterocycles. The summed E-state index contributed by atoms with van der Waals surface area (Å²) in [7, 11) is 1.83. The standard InChI is InChI=1S/C15H26N2O2.H2/c1-6-17(5)12-11(13(18)14(12)19)16-10-8-7-9-15(2,3)4;/h16H,6-10H2,1-5H3;1H. The third-order valence-corrected chi connectivity index (χ3v) is 3.40. The van der Waals surface area contributed by atoms with Gasteiger partial charge in [-0.05, 0) is 25.2 Å². The zero-order chi connectivity index (χ0) is 14.6. The quantitative estimate of drug-likeness (QED) is 0.610. The highest BCUT2D eigenvalue weighted by molar-refractivity contribution is 5.74. The highest BCUT2D eigenvalue weighted by Gasteiger charge is 2.22. The summed E-state index contributed by atoms with van der Waals surface area (Å²) in [6.45, 7) is 10.1. The maximum absolute atomic E-state index is 11.5. The van der Waals surface area contributed by atoms with Gasteiger partial charge in [-0.15, -0.1) is 0 Å². The van der Waals surface area contributed by atoms with Crippen molar-refractivity contribution in [2.75, 3.05) is 30.4 Å². The van der Waals surface area contributed by atoms with E-state index in [1.54, 1.807) is 0 Å². The molecule has 0 radical (unpaired) electrons. The van der Waals surface area contributed by atoms with E-state index in [0.717, 1.165) is 25.9 Å². The van der Waals surface area contributed by atoms with Crippen molar-refractivity contribution in [1.82, 2.24) is 0 Å². The van der Waals surface area contributed by atoms with E-state index in [1.165, 1.54) is 6.42 Å². The summed E-state index contributed by atoms with van der Waals surface area (Å²) in [4.78, 5) is 24.8. The second-order valence-corrected chi connectivity index (χ2v) is 6.34. The molecule has 0 saturated carbocycles. The van der Waals surface area contributed by atoms with Crippen LogP contribution in [0.4, 0.5) is 11.4 Å². The van der Waals surface area contributed by atoms with Crippen LogP contribution in [0.2, 0.25) is 0 Å². The zero-order valence-corrected chi connectivity index (χ0v) is 12.8. The van der Waals surface area contributed by atoms with E-state index in [9.17, 15) is 9.59 Å². The molecule has 110 valence electrons. The van der Waals surface area contributed by atoms with Crippen molar-refractivity contribution < 1.29 is 1.43 Å². The van der Waals surface area contributed by atoms with Gasteiger partial charge in [-0.1, -0.05) is 27.2 Å². The molecule has 1 aromatic carbocycles. The molecule has 0 aliphatic carbocycles. The third kappa shape index (κ3) is 4.08. The predicted octanol–water partition coefficient (Wildman–Crippen LogP) is 2.61. The summed E-state index contributed by atoms with van der Waals surface area (Å²) in [5, 5.41) is 3.12. The Bertz CT molecular complexity index is 485. The van der Waals surface area contributed by atoms with Crippen molar-refractivity contribution in [2.24, 2.45) is 5.41 Å². The van der Waals surface area contributed by atoms with Crippen molar-refractivity contribution >= 4 is 11.4 Å². The lowest BCUT2D eigenvalue weighted by Gasteiger charge is -2.22. The van der Waals surface area contributed by atoms with Crippen LogP contribution in [-0.4, -0.2) is 20.1 Å². The van der Waals surface area contributed by atoms with Gasteiger partial charge < -0.3 is 10.2 Å². The van der Waals surface area contributed by atoms with Crippen molar-refractivity contribution in [3.63, 3.8) is 0 Å². The molecule has 4 nitrogen and oxygen atoms in total. The number of anilines is 2. The van der Waals surface area contributed by atoms with E-state index >= 15 is 0 Å². The summed E-state index contributed by atoms with van der Waals surface area (Å²) in [5.74, 6) is 0. The first-order chi connectivity index (χ1) is 8.78. The summed E-state index contributed by atoms with van der Waals surface area (Å²) >= 11 is 0. The monoisotopic (exact) mass is 268 g/mol. The fourth-order valence-electron chi connectivity index (χ4n) is 2.06. The molecule has 1 rings (SSSR count). The van der Waals surface area contributed by atoms with Gasteiger partial charge >= 0.3 is 0 Å². The number of nitrogens with one attached hydrogen (secondary N) is 1. The average Bonchev–Trinajstić information content (AvgIpc) is 2.34. The number of rotatable bonds is 7. The molecule has 0 heterocycles. The molecular weight excluding hydrogens is 240 g/mol. The van der Waals surface area contributed by atoms with Gasteiger partial charge in [0.05, 0.1) is 0 Å². The van der Waals surface area contributed by atoms with Gasteiger partial charge in [-0.3, -0.25) is 9.59 Å². The molecule has 19 heavy (non-hydrogen) atoms. The topological polar surface area (TPSA) is 49.4 Å². The number of hydrogen-bond donors (Lipinski definition) is 1. The Balaban J connectivity index is 0.00000361. The first-order valence-corrected chi connectivity index (χ1v) is 7.06. The summed E-state index contributed by atoms with van der Waals surface area (Å²) in [6, 6.07) is 0. The molecule has 0 bridgehead atoms. The molecule has 0 amide bonds. The van der Waals surface area contributed by atoms with E-state index < -0.39 is 0 Å². The molecule has 0 atom stereocenters. The minimum atomic E-state index is -0.369. The van der Waals surface area contributed by atoms with Crippen molar-refractivity contribution in [1.29, 1.82) is 0 Å². The fourth-order valence-corrected chi connectivity index (χ4v) is 2.06. The van der Waals surface area contributed by atoms with E-state index in [4.69, 9.17) is 0 Å². The maximum atomic E-state index is 11.5. The molecule has 1 aromatic rings. The van der Waals surface area contributed by atoms with Crippen LogP contribution in [0.5, 0.6) is 0 Å². The lowest BCUT2D eigenvalue weighted by Crippen LogP contribution is -2.41. The van der Waals surface area contributed by atoms with Crippen LogP contribution in [0, 0.1) is 5.41 Å². The normalized spacial score (nSPS) is 11.8. The van der Waals surface area contributed by atoms with Crippen LogP contribution in [-0.2, 0) is 0 Å². The Hall–Kier alpha value is -1.32. The van der Waals surface area contributed by atoms with Gasteiger partial charge in [0.1, 0.15) is 11.4 Å². The van der Waals surface area contributed by atoms with Crippen molar-refractivity contribution in [2.45, 2.75) is 47.0 Å². The molecule has 0 aromatic heterocycles. The Morgan fingerprint density at radius 1 is 1.16 bits per heavy atom. The molecule has 0 aliphatic rings. The van der Waals surface area contributed by atoms with E-state index in [0.29, 0.717) is 16.8 Å². The Labute approximate surface area is 117 Å². The van der Waals surface area contributed by atoms with Crippen LogP contribution >= 0.6 is 0 Å². The molecule has 1 N–H and O–H groups in total. The van der Waals surface area contributed by atoms with Gasteiger partial charge in [0.25, 0.3) is 10.9 Å². The molecule has 0 unspecified atom stereocenters. The number of unbranched alkanes of at least 4 members (excludes halogenated alkanes) is 1. The second-order valence-electron chi connectivity index (χ2n) is 6.34. The van der Waals surface area contributed by atoms with Crippen molar-refractivity contribution in [3.05, 3.63) is 20.4 Å². The molecule has 4 heteroatoms. The fraction of sp³-hybridized carbons (Fsp3) is 0.733. The van der Waals surface area contributed by atoms with E-state index in [-0.39, 0.29) is 12.3 Å². The summed E-state index contributed by atoms with van der Waals surface area (Å²) in [5.41, 5.74) is 0.677. The largest absolute Gasteiger partial charge is 0.380 e. The van der Waals surface area contributed by atoms with Gasteiger partial charge in [-0.2, -0.15) is 0 Å². The molecule has 0 fully saturated rings. The first kappa shape index (κ1) is 15.7. The highest BCUT2D eigenvalue weighted by atomic mass is 16.2. The molecule has 0 spiro atoms. The van der Waals surface area contributed by atoms with Crippen LogP contribution in [0.3, 0.4) is 0 Å². The van der Waals surface area contributed by atoms with Gasteiger partial charge in [0.2, 0.25) is 0 Å². The van der Waals surface area contributed by atoms with Crippen molar-refractivity contribution in [3.8, 4) is 0 Å². The highest BCUT2D eigenvalue weighted by Crippen LogP contribution is 2.22. The van der Waals surface area contributed by atoms with Crippen LogP contribution in [0.1, 0.15) is 48.4 Å². The molecule has 0 aliphatic heterocycles. The Morgan fingerprint density at radius 2 is 1.79 bits per heavy atom. The van der Waals surface area contributed by atoms with Gasteiger partial charge in [0, 0.05) is 21.6 Å². The van der Waals surface area contributed by atoms with E-state index in [2.05, 4.69) is 26.1 Å².